The zero-order valence-corrected chi connectivity index (χ0v) is 24.5. The summed E-state index contributed by atoms with van der Waals surface area (Å²) in [4.78, 5) is 49.2. The first-order chi connectivity index (χ1) is 21.2. The fourth-order valence-corrected chi connectivity index (χ4v) is 3.94. The number of methoxy groups -OCH3 is 2. The molecule has 0 spiro atoms. The smallest absolute Gasteiger partial charge is 0.343 e. The number of anilines is 1. The molecule has 11 nitrogen and oxygen atoms in total. The third kappa shape index (κ3) is 8.20. The van der Waals surface area contributed by atoms with Gasteiger partial charge in [0.2, 0.25) is 0 Å². The Balaban J connectivity index is 1.38. The van der Waals surface area contributed by atoms with Crippen LogP contribution in [0.1, 0.15) is 43.6 Å². The van der Waals surface area contributed by atoms with Crippen LogP contribution in [0.25, 0.3) is 0 Å². The van der Waals surface area contributed by atoms with Crippen molar-refractivity contribution in [2.24, 2.45) is 5.10 Å². The number of carbonyl (C=O) groups excluding carboxylic acids is 4. The second-order valence-corrected chi connectivity index (χ2v) is 9.44. The van der Waals surface area contributed by atoms with Gasteiger partial charge < -0.3 is 24.3 Å². The Morgan fingerprint density at radius 2 is 1.34 bits per heavy atom. The van der Waals surface area contributed by atoms with Gasteiger partial charge >= 0.3 is 11.9 Å². The highest BCUT2D eigenvalue weighted by Gasteiger charge is 2.15. The van der Waals surface area contributed by atoms with Gasteiger partial charge in [0.25, 0.3) is 11.8 Å². The number of ether oxygens (including phenoxy) is 4. The van der Waals surface area contributed by atoms with E-state index in [1.165, 1.54) is 51.6 Å². The molecule has 2 N–H and O–H groups in total. The van der Waals surface area contributed by atoms with Crippen molar-refractivity contribution in [3.05, 3.63) is 112 Å². The van der Waals surface area contributed by atoms with Crippen molar-refractivity contribution < 1.29 is 38.1 Å². The third-order valence-electron chi connectivity index (χ3n) is 5.91. The minimum Gasteiger partial charge on any atom is -0.493 e. The van der Waals surface area contributed by atoms with Gasteiger partial charge in [-0.3, -0.25) is 14.4 Å². The number of hydrogen-bond donors (Lipinski definition) is 2. The van der Waals surface area contributed by atoms with E-state index in [1.807, 2.05) is 0 Å². The molecule has 12 heteroatoms. The van der Waals surface area contributed by atoms with Gasteiger partial charge in [0.15, 0.2) is 23.0 Å². The second-order valence-electron chi connectivity index (χ2n) is 9.00. The molecule has 0 unspecified atom stereocenters. The number of benzene rings is 4. The zero-order valence-electron chi connectivity index (χ0n) is 23.8. The Hall–Kier alpha value is -5.68. The first-order valence-electron chi connectivity index (χ1n) is 12.9. The van der Waals surface area contributed by atoms with Gasteiger partial charge in [0, 0.05) is 28.8 Å². The van der Waals surface area contributed by atoms with Gasteiger partial charge in [0.1, 0.15) is 0 Å². The van der Waals surface area contributed by atoms with Crippen molar-refractivity contribution >= 4 is 47.3 Å². The highest BCUT2D eigenvalue weighted by atomic mass is 35.5. The summed E-state index contributed by atoms with van der Waals surface area (Å²) in [5.41, 5.74) is 4.17. The van der Waals surface area contributed by atoms with Gasteiger partial charge in [-0.25, -0.2) is 10.2 Å². The van der Waals surface area contributed by atoms with E-state index in [1.54, 1.807) is 60.7 Å². The lowest BCUT2D eigenvalue weighted by Gasteiger charge is -2.11. The van der Waals surface area contributed by atoms with Crippen LogP contribution in [0.2, 0.25) is 5.02 Å². The van der Waals surface area contributed by atoms with Gasteiger partial charge in [0.05, 0.1) is 26.0 Å². The molecule has 0 fully saturated rings. The fraction of sp³-hybridized carbons (Fsp3) is 0.0938. The summed E-state index contributed by atoms with van der Waals surface area (Å²) in [6, 6.07) is 21.7. The maximum Gasteiger partial charge on any atom is 0.343 e. The molecule has 4 rings (SSSR count). The molecule has 0 aliphatic rings. The topological polar surface area (TPSA) is 142 Å². The standard InChI is InChI=1S/C32H26ClN3O8/c1-19(37)43-26-14-10-23(17-29(26)42-3)30(38)35-25-6-4-5-22(16-25)31(39)36-34-18-20-7-13-27(28(15-20)41-2)44-32(40)21-8-11-24(33)12-9-21/h4-18H,1-3H3,(H,35,38)(H,36,39). The van der Waals surface area contributed by atoms with Crippen LogP contribution in [-0.4, -0.2) is 44.2 Å². The summed E-state index contributed by atoms with van der Waals surface area (Å²) in [6.07, 6.45) is 1.39. The summed E-state index contributed by atoms with van der Waals surface area (Å²) in [7, 11) is 2.82. The fourth-order valence-electron chi connectivity index (χ4n) is 3.81. The first-order valence-corrected chi connectivity index (χ1v) is 13.3. The minimum absolute atomic E-state index is 0.183. The molecule has 4 aromatic carbocycles. The molecule has 0 aliphatic carbocycles. The number of carbonyl (C=O) groups is 4. The second kappa shape index (κ2) is 14.5. The van der Waals surface area contributed by atoms with E-state index in [4.69, 9.17) is 30.5 Å². The predicted molar refractivity (Wildman–Crippen MR) is 163 cm³/mol. The summed E-state index contributed by atoms with van der Waals surface area (Å²) < 4.78 is 21.0. The average molecular weight is 616 g/mol. The minimum atomic E-state index is -0.580. The molecule has 224 valence electrons. The largest absolute Gasteiger partial charge is 0.493 e. The van der Waals surface area contributed by atoms with Crippen LogP contribution in [-0.2, 0) is 4.79 Å². The number of nitrogens with one attached hydrogen (secondary N) is 2. The van der Waals surface area contributed by atoms with Gasteiger partial charge in [-0.15, -0.1) is 0 Å². The van der Waals surface area contributed by atoms with Crippen LogP contribution in [0.15, 0.2) is 90.0 Å². The molecule has 0 aliphatic heterocycles. The van der Waals surface area contributed by atoms with E-state index >= 15 is 0 Å². The van der Waals surface area contributed by atoms with Gasteiger partial charge in [-0.1, -0.05) is 17.7 Å². The van der Waals surface area contributed by atoms with Crippen molar-refractivity contribution in [2.75, 3.05) is 19.5 Å². The maximum absolute atomic E-state index is 12.8. The molecule has 2 amide bonds. The Morgan fingerprint density at radius 1 is 0.705 bits per heavy atom. The van der Waals surface area contributed by atoms with Crippen LogP contribution < -0.4 is 29.7 Å². The third-order valence-corrected chi connectivity index (χ3v) is 6.16. The van der Waals surface area contributed by atoms with Gasteiger partial charge in [-0.2, -0.15) is 5.10 Å². The van der Waals surface area contributed by atoms with Crippen molar-refractivity contribution in [1.82, 2.24) is 5.43 Å². The number of amides is 2. The average Bonchev–Trinajstić information content (AvgIpc) is 3.01. The molecule has 0 saturated carbocycles. The summed E-state index contributed by atoms with van der Waals surface area (Å²) >= 11 is 5.87. The molecule has 4 aromatic rings. The summed E-state index contributed by atoms with van der Waals surface area (Å²) in [5, 5.41) is 7.20. The van der Waals surface area contributed by atoms with E-state index in [-0.39, 0.29) is 34.1 Å². The van der Waals surface area contributed by atoms with E-state index < -0.39 is 23.8 Å². The van der Waals surface area contributed by atoms with Crippen LogP contribution in [0, 0.1) is 0 Å². The lowest BCUT2D eigenvalue weighted by atomic mass is 10.1. The molecule has 0 atom stereocenters. The number of nitrogens with zero attached hydrogens (tertiary/aromatic N) is 1. The van der Waals surface area contributed by atoms with E-state index in [0.29, 0.717) is 21.8 Å². The number of hydrazone groups is 1. The number of esters is 2. The van der Waals surface area contributed by atoms with Crippen LogP contribution in [0.3, 0.4) is 0 Å². The summed E-state index contributed by atoms with van der Waals surface area (Å²) in [5.74, 6) is -1.21. The lowest BCUT2D eigenvalue weighted by molar-refractivity contribution is -0.132. The Labute approximate surface area is 257 Å². The molecule has 0 saturated heterocycles. The summed E-state index contributed by atoms with van der Waals surface area (Å²) in [6.45, 7) is 1.26. The first kappa shape index (κ1) is 31.3. The van der Waals surface area contributed by atoms with Crippen LogP contribution >= 0.6 is 11.6 Å². The van der Waals surface area contributed by atoms with Gasteiger partial charge in [-0.05, 0) is 84.4 Å². The van der Waals surface area contributed by atoms with Crippen molar-refractivity contribution in [3.63, 3.8) is 0 Å². The molecule has 0 radical (unpaired) electrons. The van der Waals surface area contributed by atoms with Crippen molar-refractivity contribution in [2.45, 2.75) is 6.92 Å². The number of rotatable bonds is 10. The Bertz CT molecular complexity index is 1740. The number of hydrogen-bond acceptors (Lipinski definition) is 9. The SMILES string of the molecule is COc1cc(C(=O)Nc2cccc(C(=O)NN=Cc3ccc(OC(=O)c4ccc(Cl)cc4)c(OC)c3)c2)ccc1OC(C)=O. The van der Waals surface area contributed by atoms with Crippen molar-refractivity contribution in [1.29, 1.82) is 0 Å². The maximum atomic E-state index is 12.8. The normalized spacial score (nSPS) is 10.5. The predicted octanol–water partition coefficient (Wildman–Crippen LogP) is 5.52. The number of halogens is 1. The van der Waals surface area contributed by atoms with E-state index in [9.17, 15) is 19.2 Å². The molecular formula is C32H26ClN3O8. The zero-order chi connectivity index (χ0) is 31.6. The molecule has 0 aromatic heterocycles. The highest BCUT2D eigenvalue weighted by Crippen LogP contribution is 2.30. The molecule has 0 bridgehead atoms. The molecule has 0 heterocycles. The quantitative estimate of drug-likeness (QED) is 0.103. The van der Waals surface area contributed by atoms with Crippen LogP contribution in [0.4, 0.5) is 5.69 Å². The van der Waals surface area contributed by atoms with Crippen molar-refractivity contribution in [3.8, 4) is 23.0 Å². The Morgan fingerprint density at radius 3 is 2.05 bits per heavy atom. The molecule has 44 heavy (non-hydrogen) atoms. The van der Waals surface area contributed by atoms with E-state index in [2.05, 4.69) is 15.8 Å². The highest BCUT2D eigenvalue weighted by molar-refractivity contribution is 6.30. The van der Waals surface area contributed by atoms with Crippen LogP contribution in [0.5, 0.6) is 23.0 Å². The van der Waals surface area contributed by atoms with E-state index in [0.717, 1.165) is 0 Å². The lowest BCUT2D eigenvalue weighted by Crippen LogP contribution is -2.18. The molecular weight excluding hydrogens is 590 g/mol. The monoisotopic (exact) mass is 615 g/mol. The Kier molecular flexibility index (Phi) is 10.3.